The molecule has 11 N–H and O–H groups in total. The van der Waals surface area contributed by atoms with E-state index >= 15 is 0 Å². The van der Waals surface area contributed by atoms with Crippen LogP contribution in [0.4, 0.5) is 0 Å². The minimum atomic E-state index is -1.74. The Morgan fingerprint density at radius 3 is 1.85 bits per heavy atom. The Labute approximate surface area is 381 Å². The second-order valence-corrected chi connectivity index (χ2v) is 21.6. The number of aliphatic hydroxyl groups is 11. The van der Waals surface area contributed by atoms with Gasteiger partial charge in [-0.1, -0.05) is 27.7 Å². The van der Waals surface area contributed by atoms with E-state index in [1.54, 1.807) is 7.11 Å². The molecular formula is C46H78O19. The van der Waals surface area contributed by atoms with Crippen molar-refractivity contribution in [2.24, 2.45) is 52.3 Å². The highest BCUT2D eigenvalue weighted by Crippen LogP contribution is 2.71. The highest BCUT2D eigenvalue weighted by molar-refractivity contribution is 5.15. The molecule has 8 rings (SSSR count). The average Bonchev–Trinajstić information content (AvgIpc) is 3.76. The number of rotatable bonds is 14. The van der Waals surface area contributed by atoms with E-state index in [-0.39, 0.29) is 41.5 Å². The summed E-state index contributed by atoms with van der Waals surface area (Å²) < 4.78 is 48.8. The molecular weight excluding hydrogens is 856 g/mol. The van der Waals surface area contributed by atoms with Crippen molar-refractivity contribution in [1.82, 2.24) is 0 Å². The number of fused-ring (bicyclic) bond motifs is 7. The number of aliphatic hydroxyl groups excluding tert-OH is 11. The molecule has 0 unspecified atom stereocenters. The van der Waals surface area contributed by atoms with Gasteiger partial charge in [-0.15, -0.1) is 0 Å². The number of ether oxygens (including phenoxy) is 8. The summed E-state index contributed by atoms with van der Waals surface area (Å²) >= 11 is 0. The highest BCUT2D eigenvalue weighted by atomic mass is 16.8. The monoisotopic (exact) mass is 935 g/mol. The van der Waals surface area contributed by atoms with Gasteiger partial charge in [-0.3, -0.25) is 0 Å². The molecule has 0 amide bonds. The van der Waals surface area contributed by atoms with Crippen LogP contribution >= 0.6 is 0 Å². The quantitative estimate of drug-likeness (QED) is 0.0920. The van der Waals surface area contributed by atoms with Gasteiger partial charge >= 0.3 is 0 Å². The zero-order valence-electron chi connectivity index (χ0n) is 38.4. The number of hydrogen-bond acceptors (Lipinski definition) is 19. The van der Waals surface area contributed by atoms with Gasteiger partial charge in [0.2, 0.25) is 0 Å². The van der Waals surface area contributed by atoms with Gasteiger partial charge in [0.1, 0.15) is 73.2 Å². The predicted molar refractivity (Wildman–Crippen MR) is 224 cm³/mol. The minimum absolute atomic E-state index is 0.0271. The molecule has 376 valence electrons. The Kier molecular flexibility index (Phi) is 15.4. The van der Waals surface area contributed by atoms with Crippen LogP contribution in [0, 0.1) is 52.3 Å². The molecule has 0 aromatic heterocycles. The molecule has 4 aliphatic heterocycles. The van der Waals surface area contributed by atoms with Crippen LogP contribution in [-0.4, -0.2) is 200 Å². The van der Waals surface area contributed by atoms with Crippen molar-refractivity contribution in [3.05, 3.63) is 0 Å². The fraction of sp³-hybridized carbons (Fsp3) is 1.00. The molecule has 8 aliphatic rings. The molecule has 0 aromatic rings. The summed E-state index contributed by atoms with van der Waals surface area (Å²) in [5.74, 6) is 1.67. The van der Waals surface area contributed by atoms with Crippen molar-refractivity contribution >= 4 is 0 Å². The maximum atomic E-state index is 11.2. The number of methoxy groups -OCH3 is 1. The van der Waals surface area contributed by atoms with Gasteiger partial charge in [0, 0.05) is 19.4 Å². The average molecular weight is 935 g/mol. The van der Waals surface area contributed by atoms with Gasteiger partial charge in [0.05, 0.1) is 38.6 Å². The first-order valence-corrected chi connectivity index (χ1v) is 24.2. The van der Waals surface area contributed by atoms with E-state index in [0.29, 0.717) is 48.9 Å². The fourth-order valence-electron chi connectivity index (χ4n) is 14.5. The fourth-order valence-corrected chi connectivity index (χ4v) is 14.5. The predicted octanol–water partition coefficient (Wildman–Crippen LogP) is -1.13. The normalized spacial score (nSPS) is 54.9. The zero-order valence-corrected chi connectivity index (χ0v) is 38.4. The van der Waals surface area contributed by atoms with Gasteiger partial charge in [-0.25, -0.2) is 0 Å². The van der Waals surface area contributed by atoms with Gasteiger partial charge in [-0.05, 0) is 104 Å². The van der Waals surface area contributed by atoms with E-state index in [1.807, 2.05) is 6.92 Å². The van der Waals surface area contributed by atoms with Crippen LogP contribution in [0.25, 0.3) is 0 Å². The molecule has 0 aromatic carbocycles. The second-order valence-electron chi connectivity index (χ2n) is 21.6. The van der Waals surface area contributed by atoms with Crippen molar-refractivity contribution < 1.29 is 94.1 Å². The third-order valence-corrected chi connectivity index (χ3v) is 18.3. The van der Waals surface area contributed by atoms with Crippen LogP contribution in [0.5, 0.6) is 0 Å². The third-order valence-electron chi connectivity index (χ3n) is 18.3. The Morgan fingerprint density at radius 2 is 1.22 bits per heavy atom. The Balaban J connectivity index is 0.880. The summed E-state index contributed by atoms with van der Waals surface area (Å²) in [4.78, 5) is 0. The van der Waals surface area contributed by atoms with Crippen molar-refractivity contribution in [3.63, 3.8) is 0 Å². The smallest absolute Gasteiger partial charge is 0.187 e. The lowest BCUT2D eigenvalue weighted by Gasteiger charge is -2.61. The van der Waals surface area contributed by atoms with Crippen molar-refractivity contribution in [2.45, 2.75) is 202 Å². The summed E-state index contributed by atoms with van der Waals surface area (Å²) in [5.41, 5.74) is 0.150. The van der Waals surface area contributed by atoms with E-state index in [2.05, 4.69) is 20.8 Å². The lowest BCUT2D eigenvalue weighted by molar-refractivity contribution is -0.373. The molecule has 0 bridgehead atoms. The van der Waals surface area contributed by atoms with E-state index in [0.717, 1.165) is 44.9 Å². The maximum absolute atomic E-state index is 11.2. The molecule has 19 nitrogen and oxygen atoms in total. The molecule has 65 heavy (non-hydrogen) atoms. The van der Waals surface area contributed by atoms with Gasteiger partial charge in [-0.2, -0.15) is 0 Å². The molecule has 4 saturated carbocycles. The highest BCUT2D eigenvalue weighted by Gasteiger charge is 2.69. The Hall–Kier alpha value is -0.760. The molecule has 19 heteroatoms. The summed E-state index contributed by atoms with van der Waals surface area (Å²) in [6.07, 6.45) is -12.7. The van der Waals surface area contributed by atoms with Gasteiger partial charge in [0.25, 0.3) is 0 Å². The maximum Gasteiger partial charge on any atom is 0.187 e. The first-order valence-electron chi connectivity index (χ1n) is 24.2. The van der Waals surface area contributed by atoms with Crippen LogP contribution in [0.1, 0.15) is 91.9 Å². The first kappa shape index (κ1) is 50.6. The lowest BCUT2D eigenvalue weighted by atomic mass is 9.44. The first-order chi connectivity index (χ1) is 30.9. The van der Waals surface area contributed by atoms with E-state index < -0.39 is 118 Å². The van der Waals surface area contributed by atoms with E-state index in [1.165, 1.54) is 0 Å². The topological polar surface area (TPSA) is 296 Å². The summed E-state index contributed by atoms with van der Waals surface area (Å²) in [6, 6.07) is 0. The molecule has 27 atom stereocenters. The van der Waals surface area contributed by atoms with E-state index in [4.69, 9.17) is 37.9 Å². The standard InChI is InChI=1S/C46H78O19/c1-20(19-59-41-38(56)35(53)32(50)28(16-47)61-41)8-13-46(58-5)21(2)31-27(65-46)15-26-24-7-6-22-14-23(9-11-44(22,3)25(24)10-12-45(26,31)4)60-43-40(37(55)34(52)30(18-49)63-43)64-42-39(57)36(54)33(51)29(17-48)62-42/h20-43,47-57H,6-19H2,1-5H3/t20-,21-,22+,23-,24+,25-,26-,27-,28+,29+,30+,31-,32+,33-,34+,35-,36-,37-,38+,39+,40+,41+,42-,43+,44-,45-,46+/m0/s1. The van der Waals surface area contributed by atoms with Gasteiger partial charge < -0.3 is 94.1 Å². The summed E-state index contributed by atoms with van der Waals surface area (Å²) in [5, 5.41) is 113. The molecule has 8 fully saturated rings. The summed E-state index contributed by atoms with van der Waals surface area (Å²) in [6.45, 7) is 7.69. The third kappa shape index (κ3) is 8.90. The van der Waals surface area contributed by atoms with E-state index in [9.17, 15) is 56.2 Å². The van der Waals surface area contributed by atoms with Crippen LogP contribution in [0.2, 0.25) is 0 Å². The molecule has 0 radical (unpaired) electrons. The molecule has 4 saturated heterocycles. The van der Waals surface area contributed by atoms with Gasteiger partial charge in [0.15, 0.2) is 24.7 Å². The van der Waals surface area contributed by atoms with Crippen molar-refractivity contribution in [3.8, 4) is 0 Å². The molecule has 0 spiro atoms. The van der Waals surface area contributed by atoms with Crippen LogP contribution < -0.4 is 0 Å². The largest absolute Gasteiger partial charge is 0.394 e. The van der Waals surface area contributed by atoms with Crippen molar-refractivity contribution in [1.29, 1.82) is 0 Å². The van der Waals surface area contributed by atoms with Crippen LogP contribution in [0.3, 0.4) is 0 Å². The van der Waals surface area contributed by atoms with Crippen LogP contribution in [-0.2, 0) is 37.9 Å². The zero-order chi connectivity index (χ0) is 46.9. The van der Waals surface area contributed by atoms with Crippen LogP contribution in [0.15, 0.2) is 0 Å². The molecule has 4 heterocycles. The second kappa shape index (κ2) is 19.8. The Bertz CT molecular complexity index is 1580. The Morgan fingerprint density at radius 1 is 0.631 bits per heavy atom. The molecule has 4 aliphatic carbocycles. The SMILES string of the molecule is CO[C@]1(CC[C@H](C)CO[C@@H]2O[C@H](CO)[C@@H](O)[C@H](O)[C@H]2O)O[C@H]2C[C@H]3[C@@H]4CC[C@@H]5C[C@@H](O[C@@H]6O[C@H](CO)[C@@H](O)[C@H](O)[C@H]6O[C@@H]6O[C@H](CO)[C@H](O)[C@H](O)[C@H]6O)CC[C@]5(C)[C@H]4CC[C@]3(C)[C@H]2[C@@H]1C. The summed E-state index contributed by atoms with van der Waals surface area (Å²) in [7, 11) is 1.73. The minimum Gasteiger partial charge on any atom is -0.394 e. The van der Waals surface area contributed by atoms with Crippen molar-refractivity contribution in [2.75, 3.05) is 33.5 Å². The lowest BCUT2D eigenvalue weighted by Crippen LogP contribution is -2.65. The number of hydrogen-bond donors (Lipinski definition) is 11.